The van der Waals surface area contributed by atoms with Crippen molar-refractivity contribution in [2.24, 2.45) is 11.7 Å². The molecule has 5 heteroatoms. The van der Waals surface area contributed by atoms with Crippen molar-refractivity contribution in [2.45, 2.75) is 38.0 Å². The maximum absolute atomic E-state index is 5.72. The summed E-state index contributed by atoms with van der Waals surface area (Å²) in [4.78, 5) is 8.81. The van der Waals surface area contributed by atoms with Gasteiger partial charge in [0.1, 0.15) is 0 Å². The number of rotatable bonds is 4. The number of pyridine rings is 1. The summed E-state index contributed by atoms with van der Waals surface area (Å²) in [7, 11) is 0. The summed E-state index contributed by atoms with van der Waals surface area (Å²) in [5, 5.41) is 4.08. The van der Waals surface area contributed by atoms with Gasteiger partial charge in [0, 0.05) is 17.8 Å². The van der Waals surface area contributed by atoms with Crippen LogP contribution in [0.25, 0.3) is 0 Å². The zero-order valence-corrected chi connectivity index (χ0v) is 11.5. The third-order valence-corrected chi connectivity index (χ3v) is 4.08. The predicted octanol–water partition coefficient (Wildman–Crippen LogP) is 2.29. The van der Waals surface area contributed by atoms with Crippen LogP contribution < -0.4 is 5.73 Å². The van der Waals surface area contributed by atoms with Crippen molar-refractivity contribution in [1.29, 1.82) is 0 Å². The Morgan fingerprint density at radius 2 is 2.05 bits per heavy atom. The van der Waals surface area contributed by atoms with E-state index in [1.54, 1.807) is 6.20 Å². The number of nitrogens with zero attached hydrogens (tertiary/aromatic N) is 3. The minimum atomic E-state index is 0.405. The van der Waals surface area contributed by atoms with Crippen molar-refractivity contribution in [3.05, 3.63) is 41.8 Å². The van der Waals surface area contributed by atoms with Gasteiger partial charge in [-0.3, -0.25) is 4.98 Å². The number of nitrogens with two attached hydrogens (primary N) is 1. The van der Waals surface area contributed by atoms with Crippen molar-refractivity contribution in [3.8, 4) is 0 Å². The van der Waals surface area contributed by atoms with E-state index in [-0.39, 0.29) is 0 Å². The maximum atomic E-state index is 5.72. The molecule has 2 heterocycles. The Labute approximate surface area is 118 Å². The van der Waals surface area contributed by atoms with Crippen LogP contribution in [-0.2, 0) is 6.42 Å². The molecule has 0 amide bonds. The molecular formula is C15H20N4O. The first kappa shape index (κ1) is 13.2. The van der Waals surface area contributed by atoms with Crippen molar-refractivity contribution in [1.82, 2.24) is 15.1 Å². The first-order valence-electron chi connectivity index (χ1n) is 7.27. The predicted molar refractivity (Wildman–Crippen MR) is 75.1 cm³/mol. The second kappa shape index (κ2) is 6.13. The quantitative estimate of drug-likeness (QED) is 0.924. The highest BCUT2D eigenvalue weighted by atomic mass is 16.5. The average molecular weight is 272 g/mol. The maximum Gasteiger partial charge on any atom is 0.229 e. The van der Waals surface area contributed by atoms with Gasteiger partial charge in [0.2, 0.25) is 5.89 Å². The summed E-state index contributed by atoms with van der Waals surface area (Å²) in [6.45, 7) is 0.793. The van der Waals surface area contributed by atoms with Crippen LogP contribution in [0.3, 0.4) is 0 Å². The SMILES string of the molecule is NCC1CCC(c2nc(Cc3ccccn3)no2)CC1. The van der Waals surface area contributed by atoms with Crippen molar-refractivity contribution in [2.75, 3.05) is 6.54 Å². The van der Waals surface area contributed by atoms with Crippen LogP contribution in [0.5, 0.6) is 0 Å². The van der Waals surface area contributed by atoms with E-state index in [1.807, 2.05) is 18.2 Å². The van der Waals surface area contributed by atoms with Gasteiger partial charge in [0.05, 0.1) is 6.42 Å². The molecule has 3 rings (SSSR count). The smallest absolute Gasteiger partial charge is 0.229 e. The molecule has 1 aliphatic carbocycles. The fourth-order valence-electron chi connectivity index (χ4n) is 2.81. The summed E-state index contributed by atoms with van der Waals surface area (Å²) in [6, 6.07) is 5.85. The number of hydrogen-bond donors (Lipinski definition) is 1. The Kier molecular flexibility index (Phi) is 4.06. The Balaban J connectivity index is 1.62. The molecule has 0 aliphatic heterocycles. The van der Waals surface area contributed by atoms with E-state index in [0.29, 0.717) is 18.3 Å². The van der Waals surface area contributed by atoms with Gasteiger partial charge < -0.3 is 10.3 Å². The zero-order chi connectivity index (χ0) is 13.8. The standard InChI is InChI=1S/C15H20N4O/c16-10-11-4-6-12(7-5-11)15-18-14(19-20-15)9-13-3-1-2-8-17-13/h1-3,8,11-12H,4-7,9-10,16H2. The molecule has 0 radical (unpaired) electrons. The third-order valence-electron chi connectivity index (χ3n) is 4.08. The molecule has 1 aliphatic rings. The molecule has 1 saturated carbocycles. The second-order valence-electron chi connectivity index (χ2n) is 5.50. The van der Waals surface area contributed by atoms with Crippen molar-refractivity contribution >= 4 is 0 Å². The summed E-state index contributed by atoms with van der Waals surface area (Å²) < 4.78 is 5.43. The van der Waals surface area contributed by atoms with E-state index < -0.39 is 0 Å². The Hall–Kier alpha value is -1.75. The zero-order valence-electron chi connectivity index (χ0n) is 11.5. The summed E-state index contributed by atoms with van der Waals surface area (Å²) >= 11 is 0. The van der Waals surface area contributed by atoms with Crippen LogP contribution in [0.2, 0.25) is 0 Å². The summed E-state index contributed by atoms with van der Waals surface area (Å²) in [5.41, 5.74) is 6.68. The molecule has 0 unspecified atom stereocenters. The van der Waals surface area contributed by atoms with Gasteiger partial charge in [-0.15, -0.1) is 0 Å². The lowest BCUT2D eigenvalue weighted by Gasteiger charge is -2.24. The molecule has 2 aromatic rings. The van der Waals surface area contributed by atoms with E-state index >= 15 is 0 Å². The van der Waals surface area contributed by atoms with Crippen molar-refractivity contribution < 1.29 is 4.52 Å². The monoisotopic (exact) mass is 272 g/mol. The molecule has 5 nitrogen and oxygen atoms in total. The van der Waals surface area contributed by atoms with Crippen LogP contribution in [0.15, 0.2) is 28.9 Å². The van der Waals surface area contributed by atoms with Crippen LogP contribution in [0, 0.1) is 5.92 Å². The molecule has 0 bridgehead atoms. The van der Waals surface area contributed by atoms with Gasteiger partial charge in [0.15, 0.2) is 5.82 Å². The van der Waals surface area contributed by atoms with Crippen LogP contribution in [-0.4, -0.2) is 21.7 Å². The highest BCUT2D eigenvalue weighted by Crippen LogP contribution is 2.34. The topological polar surface area (TPSA) is 77.8 Å². The number of aromatic nitrogens is 3. The first-order valence-corrected chi connectivity index (χ1v) is 7.27. The van der Waals surface area contributed by atoms with E-state index in [4.69, 9.17) is 10.3 Å². The van der Waals surface area contributed by atoms with Gasteiger partial charge in [-0.05, 0) is 50.3 Å². The van der Waals surface area contributed by atoms with E-state index in [0.717, 1.165) is 36.8 Å². The number of hydrogen-bond acceptors (Lipinski definition) is 5. The minimum Gasteiger partial charge on any atom is -0.339 e. The summed E-state index contributed by atoms with van der Waals surface area (Å²) in [5.74, 6) is 2.58. The van der Waals surface area contributed by atoms with Crippen LogP contribution in [0.4, 0.5) is 0 Å². The van der Waals surface area contributed by atoms with E-state index in [2.05, 4.69) is 15.1 Å². The molecule has 0 spiro atoms. The van der Waals surface area contributed by atoms with Gasteiger partial charge in [0.25, 0.3) is 0 Å². The third kappa shape index (κ3) is 3.04. The first-order chi connectivity index (χ1) is 9.85. The minimum absolute atomic E-state index is 0.405. The lowest BCUT2D eigenvalue weighted by atomic mass is 9.82. The molecule has 0 aromatic carbocycles. The van der Waals surface area contributed by atoms with Crippen LogP contribution in [0.1, 0.15) is 49.0 Å². The fourth-order valence-corrected chi connectivity index (χ4v) is 2.81. The molecule has 20 heavy (non-hydrogen) atoms. The van der Waals surface area contributed by atoms with E-state index in [9.17, 15) is 0 Å². The van der Waals surface area contributed by atoms with E-state index in [1.165, 1.54) is 12.8 Å². The highest BCUT2D eigenvalue weighted by Gasteiger charge is 2.25. The van der Waals surface area contributed by atoms with Crippen LogP contribution >= 0.6 is 0 Å². The normalized spacial score (nSPS) is 22.9. The Morgan fingerprint density at radius 1 is 1.20 bits per heavy atom. The molecule has 0 saturated heterocycles. The Bertz CT molecular complexity index is 532. The Morgan fingerprint density at radius 3 is 2.75 bits per heavy atom. The van der Waals surface area contributed by atoms with Crippen molar-refractivity contribution in [3.63, 3.8) is 0 Å². The molecule has 2 N–H and O–H groups in total. The largest absolute Gasteiger partial charge is 0.339 e. The molecule has 106 valence electrons. The lowest BCUT2D eigenvalue weighted by Crippen LogP contribution is -2.20. The van der Waals surface area contributed by atoms with Gasteiger partial charge in [-0.1, -0.05) is 11.2 Å². The molecule has 2 aromatic heterocycles. The van der Waals surface area contributed by atoms with Gasteiger partial charge in [-0.2, -0.15) is 4.98 Å². The lowest BCUT2D eigenvalue weighted by molar-refractivity contribution is 0.274. The average Bonchev–Trinajstić information content (AvgIpc) is 2.97. The van der Waals surface area contributed by atoms with Gasteiger partial charge >= 0.3 is 0 Å². The molecular weight excluding hydrogens is 252 g/mol. The fraction of sp³-hybridized carbons (Fsp3) is 0.533. The molecule has 1 fully saturated rings. The van der Waals surface area contributed by atoms with Gasteiger partial charge in [-0.25, -0.2) is 0 Å². The molecule has 0 atom stereocenters. The summed E-state index contributed by atoms with van der Waals surface area (Å²) in [6.07, 6.45) is 6.95. The second-order valence-corrected chi connectivity index (χ2v) is 5.50. The highest BCUT2D eigenvalue weighted by molar-refractivity contribution is 5.09.